The zero-order chi connectivity index (χ0) is 23.4. The summed E-state index contributed by atoms with van der Waals surface area (Å²) >= 11 is 1.61. The molecule has 0 bridgehead atoms. The van der Waals surface area contributed by atoms with Crippen LogP contribution in [0.4, 0.5) is 11.4 Å². The normalized spacial score (nSPS) is 13.2. The highest BCUT2D eigenvalue weighted by Crippen LogP contribution is 2.32. The van der Waals surface area contributed by atoms with Crippen LogP contribution in [-0.4, -0.2) is 28.0 Å². The lowest BCUT2D eigenvalue weighted by molar-refractivity contribution is 0.102. The van der Waals surface area contributed by atoms with Crippen molar-refractivity contribution in [3.05, 3.63) is 63.8 Å². The molecule has 0 saturated heterocycles. The average molecular weight is 487 g/mol. The fraction of sp³-hybridized carbons (Fsp3) is 0.292. The van der Waals surface area contributed by atoms with Gasteiger partial charge in [-0.1, -0.05) is 0 Å². The van der Waals surface area contributed by atoms with Crippen molar-refractivity contribution in [3.63, 3.8) is 0 Å². The van der Waals surface area contributed by atoms with Crippen LogP contribution in [0.2, 0.25) is 0 Å². The number of hydrogen-bond donors (Lipinski definition) is 2. The second-order valence-corrected chi connectivity index (χ2v) is 10.3. The topological polar surface area (TPSA) is 93.7 Å². The Bertz CT molecular complexity index is 1250. The Morgan fingerprint density at radius 3 is 2.52 bits per heavy atom. The number of hydrogen-bond acceptors (Lipinski definition) is 6. The van der Waals surface area contributed by atoms with Gasteiger partial charge >= 0.3 is 0 Å². The standard InChI is InChI=1S/C24H26N2O5S2/c1-3-31-18-11-8-16(9-12-18)26-33(28,29)23-14-17(10-13-21(23)30-2)25-24(27)20-15-32-22-7-5-4-6-19(20)22/h8-15,26H,3-7H2,1-2H3,(H,25,27). The van der Waals surface area contributed by atoms with E-state index in [1.165, 1.54) is 24.1 Å². The van der Waals surface area contributed by atoms with E-state index in [1.54, 1.807) is 41.7 Å². The molecule has 0 spiro atoms. The van der Waals surface area contributed by atoms with Gasteiger partial charge in [0, 0.05) is 21.6 Å². The van der Waals surface area contributed by atoms with Crippen LogP contribution >= 0.6 is 11.3 Å². The molecule has 0 fully saturated rings. The van der Waals surface area contributed by atoms with Crippen LogP contribution < -0.4 is 19.5 Å². The van der Waals surface area contributed by atoms with E-state index >= 15 is 0 Å². The molecule has 0 aliphatic heterocycles. The van der Waals surface area contributed by atoms with E-state index in [2.05, 4.69) is 10.0 Å². The monoisotopic (exact) mass is 486 g/mol. The van der Waals surface area contributed by atoms with Gasteiger partial charge in [-0.3, -0.25) is 9.52 Å². The lowest BCUT2D eigenvalue weighted by Crippen LogP contribution is -2.17. The molecule has 1 amide bonds. The first-order valence-corrected chi connectivity index (χ1v) is 13.1. The van der Waals surface area contributed by atoms with Gasteiger partial charge < -0.3 is 14.8 Å². The fourth-order valence-corrected chi connectivity index (χ4v) is 6.22. The molecule has 7 nitrogen and oxygen atoms in total. The molecule has 0 unspecified atom stereocenters. The summed E-state index contributed by atoms with van der Waals surface area (Å²) in [4.78, 5) is 14.1. The van der Waals surface area contributed by atoms with Crippen molar-refractivity contribution in [2.75, 3.05) is 23.8 Å². The maximum Gasteiger partial charge on any atom is 0.265 e. The van der Waals surface area contributed by atoms with Gasteiger partial charge in [-0.15, -0.1) is 11.3 Å². The number of ether oxygens (including phenoxy) is 2. The molecule has 1 aromatic heterocycles. The highest BCUT2D eigenvalue weighted by Gasteiger charge is 2.23. The summed E-state index contributed by atoms with van der Waals surface area (Å²) in [6.07, 6.45) is 4.13. The summed E-state index contributed by atoms with van der Waals surface area (Å²) in [6, 6.07) is 11.2. The number of aryl methyl sites for hydroxylation is 1. The molecule has 3 aromatic rings. The molecule has 9 heteroatoms. The maximum atomic E-state index is 13.1. The number of fused-ring (bicyclic) bond motifs is 1. The van der Waals surface area contributed by atoms with Crippen molar-refractivity contribution in [2.24, 2.45) is 0 Å². The third-order valence-electron chi connectivity index (χ3n) is 5.43. The molecule has 0 radical (unpaired) electrons. The zero-order valence-electron chi connectivity index (χ0n) is 18.5. The van der Waals surface area contributed by atoms with Crippen LogP contribution in [-0.2, 0) is 22.9 Å². The summed E-state index contributed by atoms with van der Waals surface area (Å²) in [5.74, 6) is 0.597. The van der Waals surface area contributed by atoms with Crippen LogP contribution in [0, 0.1) is 0 Å². The van der Waals surface area contributed by atoms with E-state index in [0.29, 0.717) is 29.3 Å². The molecule has 1 aliphatic carbocycles. The minimum Gasteiger partial charge on any atom is -0.495 e. The fourth-order valence-electron chi connectivity index (χ4n) is 3.84. The molecule has 1 aliphatic rings. The number of amides is 1. The Morgan fingerprint density at radius 1 is 1.06 bits per heavy atom. The number of methoxy groups -OCH3 is 1. The Morgan fingerprint density at radius 2 is 1.79 bits per heavy atom. The quantitative estimate of drug-likeness (QED) is 0.463. The SMILES string of the molecule is CCOc1ccc(NS(=O)(=O)c2cc(NC(=O)c3csc4c3CCCC4)ccc2OC)cc1. The van der Waals surface area contributed by atoms with Crippen molar-refractivity contribution < 1.29 is 22.7 Å². The van der Waals surface area contributed by atoms with Gasteiger partial charge in [-0.2, -0.15) is 0 Å². The third-order valence-corrected chi connectivity index (χ3v) is 7.93. The van der Waals surface area contributed by atoms with Gasteiger partial charge in [0.05, 0.1) is 19.3 Å². The summed E-state index contributed by atoms with van der Waals surface area (Å²) in [5, 5.41) is 4.74. The zero-order valence-corrected chi connectivity index (χ0v) is 20.1. The highest BCUT2D eigenvalue weighted by atomic mass is 32.2. The first-order chi connectivity index (χ1) is 15.9. The van der Waals surface area contributed by atoms with Crippen LogP contribution in [0.5, 0.6) is 11.5 Å². The van der Waals surface area contributed by atoms with E-state index < -0.39 is 10.0 Å². The predicted molar refractivity (Wildman–Crippen MR) is 130 cm³/mol. The van der Waals surface area contributed by atoms with Crippen LogP contribution in [0.15, 0.2) is 52.7 Å². The van der Waals surface area contributed by atoms with Gasteiger partial charge in [-0.25, -0.2) is 8.42 Å². The number of sulfonamides is 1. The van der Waals surface area contributed by atoms with E-state index in [9.17, 15) is 13.2 Å². The molecule has 2 N–H and O–H groups in total. The minimum atomic E-state index is -3.97. The first kappa shape index (κ1) is 23.1. The van der Waals surface area contributed by atoms with Crippen LogP contribution in [0.3, 0.4) is 0 Å². The van der Waals surface area contributed by atoms with Crippen LogP contribution in [0.25, 0.3) is 0 Å². The molecule has 0 saturated carbocycles. The van der Waals surface area contributed by atoms with Crippen molar-refractivity contribution >= 4 is 38.6 Å². The summed E-state index contributed by atoms with van der Waals surface area (Å²) < 4.78 is 39.5. The minimum absolute atomic E-state index is 0.0657. The average Bonchev–Trinajstić information content (AvgIpc) is 3.25. The summed E-state index contributed by atoms with van der Waals surface area (Å²) in [6.45, 7) is 2.40. The van der Waals surface area contributed by atoms with Crippen molar-refractivity contribution in [1.29, 1.82) is 0 Å². The molecule has 174 valence electrons. The second-order valence-electron chi connectivity index (χ2n) is 7.64. The summed E-state index contributed by atoms with van der Waals surface area (Å²) in [7, 11) is -2.57. The van der Waals surface area contributed by atoms with Gasteiger partial charge in [0.15, 0.2) is 0 Å². The molecule has 0 atom stereocenters. The number of carbonyl (C=O) groups excluding carboxylic acids is 1. The highest BCUT2D eigenvalue weighted by molar-refractivity contribution is 7.92. The number of nitrogens with one attached hydrogen (secondary N) is 2. The third kappa shape index (κ3) is 5.15. The van der Waals surface area contributed by atoms with Crippen molar-refractivity contribution in [1.82, 2.24) is 0 Å². The van der Waals surface area contributed by atoms with Crippen molar-refractivity contribution in [3.8, 4) is 11.5 Å². The molecule has 33 heavy (non-hydrogen) atoms. The first-order valence-electron chi connectivity index (χ1n) is 10.8. The van der Waals surface area contributed by atoms with E-state index in [-0.39, 0.29) is 16.6 Å². The Labute approximate surface area is 197 Å². The summed E-state index contributed by atoms with van der Waals surface area (Å²) in [5.41, 5.74) is 2.55. The van der Waals surface area contributed by atoms with E-state index in [1.807, 2.05) is 12.3 Å². The van der Waals surface area contributed by atoms with Gasteiger partial charge in [0.1, 0.15) is 16.4 Å². The number of thiophene rings is 1. The molecule has 1 heterocycles. The molecule has 4 rings (SSSR count). The maximum absolute atomic E-state index is 13.1. The second kappa shape index (κ2) is 9.84. The number of benzene rings is 2. The van der Waals surface area contributed by atoms with Gasteiger partial charge in [-0.05, 0) is 80.6 Å². The predicted octanol–water partition coefficient (Wildman–Crippen LogP) is 5.09. The molecular formula is C24H26N2O5S2. The lowest BCUT2D eigenvalue weighted by Gasteiger charge is -2.15. The van der Waals surface area contributed by atoms with E-state index in [4.69, 9.17) is 9.47 Å². The number of rotatable bonds is 8. The Kier molecular flexibility index (Phi) is 6.90. The van der Waals surface area contributed by atoms with Crippen LogP contribution in [0.1, 0.15) is 40.6 Å². The molecule has 2 aromatic carbocycles. The number of anilines is 2. The largest absolute Gasteiger partial charge is 0.495 e. The van der Waals surface area contributed by atoms with Gasteiger partial charge in [0.2, 0.25) is 0 Å². The Balaban J connectivity index is 1.57. The Hall–Kier alpha value is -3.04. The smallest absolute Gasteiger partial charge is 0.265 e. The van der Waals surface area contributed by atoms with Crippen molar-refractivity contribution in [2.45, 2.75) is 37.5 Å². The molecular weight excluding hydrogens is 460 g/mol. The van der Waals surface area contributed by atoms with E-state index in [0.717, 1.165) is 31.2 Å². The number of carbonyl (C=O) groups is 1. The lowest BCUT2D eigenvalue weighted by atomic mass is 9.95. The van der Waals surface area contributed by atoms with Gasteiger partial charge in [0.25, 0.3) is 15.9 Å².